The largest absolute Gasteiger partial charge is 0.449 e. The predicted octanol–water partition coefficient (Wildman–Crippen LogP) is 3.18. The van der Waals surface area contributed by atoms with Crippen LogP contribution in [0, 0.1) is 28.8 Å². The number of nitrogens with one attached hydrogen (secondary N) is 1. The van der Waals surface area contributed by atoms with Crippen molar-refractivity contribution in [1.29, 1.82) is 5.26 Å². The van der Waals surface area contributed by atoms with E-state index in [0.717, 1.165) is 12.1 Å². The first kappa shape index (κ1) is 12.0. The van der Waals surface area contributed by atoms with E-state index in [1.165, 1.54) is 12.1 Å². The van der Waals surface area contributed by atoms with Gasteiger partial charge in [-0.05, 0) is 24.3 Å². The lowest BCUT2D eigenvalue weighted by atomic mass is 10.2. The van der Waals surface area contributed by atoms with Crippen LogP contribution in [0.15, 0.2) is 28.7 Å². The van der Waals surface area contributed by atoms with Crippen molar-refractivity contribution >= 4 is 5.69 Å². The molecule has 6 heteroatoms. The number of benzene rings is 1. The Bertz CT molecular complexity index is 616. The van der Waals surface area contributed by atoms with Crippen molar-refractivity contribution in [1.82, 2.24) is 0 Å². The number of hydrogen-bond acceptors (Lipinski definition) is 3. The monoisotopic (exact) mass is 252 g/mol. The molecular weight excluding hydrogens is 245 g/mol. The lowest BCUT2D eigenvalue weighted by molar-refractivity contribution is 0.448. The van der Waals surface area contributed by atoms with Gasteiger partial charge in [-0.3, -0.25) is 0 Å². The Labute approximate surface area is 100 Å². The molecule has 0 fully saturated rings. The van der Waals surface area contributed by atoms with Gasteiger partial charge in [-0.1, -0.05) is 0 Å². The summed E-state index contributed by atoms with van der Waals surface area (Å²) in [6, 6.07) is 6.69. The van der Waals surface area contributed by atoms with Crippen LogP contribution in [-0.4, -0.2) is 0 Å². The zero-order valence-electron chi connectivity index (χ0n) is 9.01. The summed E-state index contributed by atoms with van der Waals surface area (Å²) in [5.41, 5.74) is -0.177. The molecule has 0 radical (unpaired) electrons. The third kappa shape index (κ3) is 2.30. The van der Waals surface area contributed by atoms with Crippen molar-refractivity contribution < 1.29 is 17.6 Å². The predicted molar refractivity (Wildman–Crippen MR) is 57.1 cm³/mol. The Morgan fingerprint density at radius 2 is 1.89 bits per heavy atom. The van der Waals surface area contributed by atoms with E-state index in [2.05, 4.69) is 5.32 Å². The smallest absolute Gasteiger partial charge is 0.203 e. The van der Waals surface area contributed by atoms with Gasteiger partial charge in [-0.2, -0.15) is 5.26 Å². The molecule has 0 spiro atoms. The van der Waals surface area contributed by atoms with E-state index in [9.17, 15) is 13.2 Å². The van der Waals surface area contributed by atoms with Gasteiger partial charge in [0.2, 0.25) is 5.76 Å². The van der Waals surface area contributed by atoms with Gasteiger partial charge in [-0.25, -0.2) is 13.2 Å². The van der Waals surface area contributed by atoms with Crippen LogP contribution in [0.4, 0.5) is 18.9 Å². The molecule has 1 N–H and O–H groups in total. The Morgan fingerprint density at radius 1 is 1.11 bits per heavy atom. The molecule has 1 aromatic heterocycles. The third-order valence-electron chi connectivity index (χ3n) is 2.26. The number of furan rings is 1. The maximum absolute atomic E-state index is 13.3. The van der Waals surface area contributed by atoms with E-state index >= 15 is 0 Å². The molecule has 2 aromatic rings. The Morgan fingerprint density at radius 3 is 2.56 bits per heavy atom. The zero-order chi connectivity index (χ0) is 13.1. The number of anilines is 1. The van der Waals surface area contributed by atoms with Crippen LogP contribution < -0.4 is 5.32 Å². The van der Waals surface area contributed by atoms with Crippen molar-refractivity contribution in [3.8, 4) is 6.07 Å². The molecule has 0 aliphatic carbocycles. The van der Waals surface area contributed by atoms with E-state index < -0.39 is 17.5 Å². The SMILES string of the molecule is N#Cc1ccc(CNc2ccc(F)c(F)c2F)o1. The minimum Gasteiger partial charge on any atom is -0.449 e. The molecule has 0 bridgehead atoms. The summed E-state index contributed by atoms with van der Waals surface area (Å²) >= 11 is 0. The first-order valence-corrected chi connectivity index (χ1v) is 4.98. The van der Waals surface area contributed by atoms with Crippen molar-refractivity contribution in [2.75, 3.05) is 5.32 Å². The Balaban J connectivity index is 2.11. The highest BCUT2D eigenvalue weighted by Crippen LogP contribution is 2.20. The van der Waals surface area contributed by atoms with E-state index in [4.69, 9.17) is 9.68 Å². The second-order valence-electron chi connectivity index (χ2n) is 3.45. The summed E-state index contributed by atoms with van der Waals surface area (Å²) in [6.07, 6.45) is 0. The van der Waals surface area contributed by atoms with Gasteiger partial charge in [0.05, 0.1) is 12.2 Å². The standard InChI is InChI=1S/C12H7F3N2O/c13-9-3-4-10(12(15)11(9)14)17-6-8-2-1-7(5-16)18-8/h1-4,17H,6H2. The molecule has 0 amide bonds. The van der Waals surface area contributed by atoms with Gasteiger partial charge >= 0.3 is 0 Å². The summed E-state index contributed by atoms with van der Waals surface area (Å²) in [6.45, 7) is 0.0592. The highest BCUT2D eigenvalue weighted by molar-refractivity contribution is 5.45. The molecule has 0 atom stereocenters. The fourth-order valence-corrected chi connectivity index (χ4v) is 1.38. The van der Waals surface area contributed by atoms with E-state index in [0.29, 0.717) is 5.76 Å². The minimum absolute atomic E-state index is 0.0592. The molecule has 0 saturated heterocycles. The van der Waals surface area contributed by atoms with Crippen molar-refractivity contribution in [2.24, 2.45) is 0 Å². The summed E-state index contributed by atoms with van der Waals surface area (Å²) in [5.74, 6) is -3.56. The Hall–Kier alpha value is -2.42. The maximum atomic E-state index is 13.3. The Kier molecular flexibility index (Phi) is 3.24. The molecule has 1 heterocycles. The lowest BCUT2D eigenvalue weighted by Gasteiger charge is -2.06. The summed E-state index contributed by atoms with van der Waals surface area (Å²) in [7, 11) is 0. The van der Waals surface area contributed by atoms with Crippen molar-refractivity contribution in [3.63, 3.8) is 0 Å². The van der Waals surface area contributed by atoms with Gasteiger partial charge in [-0.15, -0.1) is 0 Å². The molecule has 92 valence electrons. The van der Waals surface area contributed by atoms with Crippen LogP contribution in [0.5, 0.6) is 0 Å². The molecule has 0 saturated carbocycles. The van der Waals surface area contributed by atoms with Crippen LogP contribution in [0.2, 0.25) is 0 Å². The lowest BCUT2D eigenvalue weighted by Crippen LogP contribution is -2.03. The average molecular weight is 252 g/mol. The second kappa shape index (κ2) is 4.84. The first-order chi connectivity index (χ1) is 8.61. The summed E-state index contributed by atoms with van der Waals surface area (Å²) in [5, 5.41) is 11.1. The van der Waals surface area contributed by atoms with Crippen LogP contribution in [0.3, 0.4) is 0 Å². The van der Waals surface area contributed by atoms with Gasteiger partial charge in [0.15, 0.2) is 17.5 Å². The van der Waals surface area contributed by atoms with Crippen molar-refractivity contribution in [3.05, 3.63) is 53.2 Å². The molecular formula is C12H7F3N2O. The first-order valence-electron chi connectivity index (χ1n) is 4.98. The number of nitrogens with zero attached hydrogens (tertiary/aromatic N) is 1. The van der Waals surface area contributed by atoms with E-state index in [1.54, 1.807) is 6.07 Å². The quantitative estimate of drug-likeness (QED) is 0.853. The summed E-state index contributed by atoms with van der Waals surface area (Å²) < 4.78 is 43.9. The van der Waals surface area contributed by atoms with E-state index in [1.807, 2.05) is 0 Å². The molecule has 0 unspecified atom stereocenters. The topological polar surface area (TPSA) is 49.0 Å². The number of halogens is 3. The highest BCUT2D eigenvalue weighted by atomic mass is 19.2. The summed E-state index contributed by atoms with van der Waals surface area (Å²) in [4.78, 5) is 0. The number of nitriles is 1. The number of hydrogen-bond donors (Lipinski definition) is 1. The van der Waals surface area contributed by atoms with Crippen molar-refractivity contribution in [2.45, 2.75) is 6.54 Å². The molecule has 1 aromatic carbocycles. The minimum atomic E-state index is -1.53. The molecule has 18 heavy (non-hydrogen) atoms. The van der Waals surface area contributed by atoms with Crippen LogP contribution in [0.25, 0.3) is 0 Å². The fourth-order valence-electron chi connectivity index (χ4n) is 1.38. The van der Waals surface area contributed by atoms with E-state index in [-0.39, 0.29) is 18.0 Å². The third-order valence-corrected chi connectivity index (χ3v) is 2.26. The van der Waals surface area contributed by atoms with Crippen LogP contribution >= 0.6 is 0 Å². The zero-order valence-corrected chi connectivity index (χ0v) is 9.01. The molecule has 2 rings (SSSR count). The number of rotatable bonds is 3. The van der Waals surface area contributed by atoms with Gasteiger partial charge < -0.3 is 9.73 Å². The highest BCUT2D eigenvalue weighted by Gasteiger charge is 2.13. The second-order valence-corrected chi connectivity index (χ2v) is 3.45. The maximum Gasteiger partial charge on any atom is 0.203 e. The normalized spacial score (nSPS) is 10.1. The average Bonchev–Trinajstić information content (AvgIpc) is 2.83. The van der Waals surface area contributed by atoms with Gasteiger partial charge in [0, 0.05) is 0 Å². The molecule has 3 nitrogen and oxygen atoms in total. The van der Waals surface area contributed by atoms with Gasteiger partial charge in [0.25, 0.3) is 0 Å². The molecule has 0 aliphatic heterocycles. The van der Waals surface area contributed by atoms with Crippen LogP contribution in [-0.2, 0) is 6.54 Å². The molecule has 0 aliphatic rings. The fraction of sp³-hybridized carbons (Fsp3) is 0.0833. The van der Waals surface area contributed by atoms with Crippen LogP contribution in [0.1, 0.15) is 11.5 Å². The van der Waals surface area contributed by atoms with Gasteiger partial charge in [0.1, 0.15) is 11.8 Å².